The second-order valence-corrected chi connectivity index (χ2v) is 6.30. The van der Waals surface area contributed by atoms with E-state index < -0.39 is 5.60 Å². The number of likely N-dealkylation sites (tertiary alicyclic amines) is 1. The molecule has 0 bridgehead atoms. The van der Waals surface area contributed by atoms with Crippen LogP contribution in [0.4, 0.5) is 0 Å². The van der Waals surface area contributed by atoms with Crippen molar-refractivity contribution < 1.29 is 9.84 Å². The molecule has 4 nitrogen and oxygen atoms in total. The Kier molecular flexibility index (Phi) is 4.32. The maximum atomic E-state index is 11.1. The van der Waals surface area contributed by atoms with Crippen LogP contribution in [-0.2, 0) is 4.74 Å². The molecule has 0 spiro atoms. The van der Waals surface area contributed by atoms with Crippen LogP contribution in [0.15, 0.2) is 0 Å². The summed E-state index contributed by atoms with van der Waals surface area (Å²) in [4.78, 5) is 2.46. The lowest BCUT2D eigenvalue weighted by atomic mass is 9.67. The molecule has 0 aromatic heterocycles. The molecule has 0 radical (unpaired) electrons. The Bertz CT molecular complexity index is 277. The largest absolute Gasteiger partial charge is 0.389 e. The summed E-state index contributed by atoms with van der Waals surface area (Å²) in [5.74, 6) is 0. The molecular weight excluding hydrogens is 228 g/mol. The summed E-state index contributed by atoms with van der Waals surface area (Å²) in [5, 5.41) is 11.1. The first-order valence-electron chi connectivity index (χ1n) is 7.27. The van der Waals surface area contributed by atoms with Crippen LogP contribution in [0.25, 0.3) is 0 Å². The van der Waals surface area contributed by atoms with E-state index in [1.54, 1.807) is 0 Å². The second-order valence-electron chi connectivity index (χ2n) is 6.30. The number of hydrogen-bond donors (Lipinski definition) is 2. The Morgan fingerprint density at radius 1 is 1.28 bits per heavy atom. The molecule has 2 atom stereocenters. The van der Waals surface area contributed by atoms with Crippen LogP contribution in [0.5, 0.6) is 0 Å². The van der Waals surface area contributed by atoms with Crippen LogP contribution >= 0.6 is 0 Å². The molecule has 0 amide bonds. The van der Waals surface area contributed by atoms with Crippen LogP contribution in [-0.4, -0.2) is 54.5 Å². The molecule has 2 unspecified atom stereocenters. The van der Waals surface area contributed by atoms with Crippen molar-refractivity contribution in [3.63, 3.8) is 0 Å². The maximum Gasteiger partial charge on any atom is 0.0751 e. The lowest BCUT2D eigenvalue weighted by Crippen LogP contribution is -2.53. The second kappa shape index (κ2) is 5.45. The van der Waals surface area contributed by atoms with Crippen LogP contribution in [0.1, 0.15) is 39.5 Å². The van der Waals surface area contributed by atoms with Gasteiger partial charge in [0.2, 0.25) is 0 Å². The highest BCUT2D eigenvalue weighted by molar-refractivity contribution is 5.03. The van der Waals surface area contributed by atoms with Gasteiger partial charge in [0.15, 0.2) is 0 Å². The number of nitrogens with two attached hydrogens (primary N) is 1. The van der Waals surface area contributed by atoms with Gasteiger partial charge in [-0.1, -0.05) is 0 Å². The van der Waals surface area contributed by atoms with E-state index in [1.165, 1.54) is 0 Å². The fourth-order valence-corrected chi connectivity index (χ4v) is 3.51. The molecule has 18 heavy (non-hydrogen) atoms. The molecule has 4 heteroatoms. The zero-order chi connectivity index (χ0) is 13.2. The van der Waals surface area contributed by atoms with Gasteiger partial charge in [-0.2, -0.15) is 0 Å². The third kappa shape index (κ3) is 2.44. The minimum atomic E-state index is -0.637. The third-order valence-electron chi connectivity index (χ3n) is 5.06. The summed E-state index contributed by atoms with van der Waals surface area (Å²) in [7, 11) is 0. The van der Waals surface area contributed by atoms with E-state index in [9.17, 15) is 5.11 Å². The lowest BCUT2D eigenvalue weighted by Gasteiger charge is -2.43. The molecular formula is C14H28N2O2. The minimum Gasteiger partial charge on any atom is -0.389 e. The number of hydrogen-bond acceptors (Lipinski definition) is 4. The van der Waals surface area contributed by atoms with Crippen molar-refractivity contribution in [3.8, 4) is 0 Å². The van der Waals surface area contributed by atoms with Crippen molar-refractivity contribution in [2.45, 2.75) is 51.2 Å². The monoisotopic (exact) mass is 256 g/mol. The molecule has 0 saturated carbocycles. The third-order valence-corrected chi connectivity index (χ3v) is 5.06. The summed E-state index contributed by atoms with van der Waals surface area (Å²) in [5.41, 5.74) is 5.13. The van der Waals surface area contributed by atoms with E-state index in [4.69, 9.17) is 10.5 Å². The number of nitrogens with zero attached hydrogens (tertiary/aromatic N) is 1. The molecule has 106 valence electrons. The Balaban J connectivity index is 2.10. The molecule has 2 aliphatic rings. The van der Waals surface area contributed by atoms with Gasteiger partial charge < -0.3 is 20.5 Å². The molecule has 2 rings (SSSR count). The number of rotatable bonds is 3. The Morgan fingerprint density at radius 2 is 2.06 bits per heavy atom. The van der Waals surface area contributed by atoms with Gasteiger partial charge in [-0.25, -0.2) is 0 Å². The molecule has 0 aromatic carbocycles. The van der Waals surface area contributed by atoms with Crippen LogP contribution < -0.4 is 5.73 Å². The SMILES string of the molecule is CC(C)N1CCCC(O)(C2(CN)CCOC2)CC1. The summed E-state index contributed by atoms with van der Waals surface area (Å²) in [6.45, 7) is 8.40. The van der Waals surface area contributed by atoms with E-state index in [-0.39, 0.29) is 5.41 Å². The molecule has 3 N–H and O–H groups in total. The average molecular weight is 256 g/mol. The molecule has 2 saturated heterocycles. The molecule has 2 heterocycles. The predicted molar refractivity (Wildman–Crippen MR) is 72.4 cm³/mol. The zero-order valence-electron chi connectivity index (χ0n) is 11.8. The fourth-order valence-electron chi connectivity index (χ4n) is 3.51. The first kappa shape index (κ1) is 14.3. The molecule has 2 aliphatic heterocycles. The predicted octanol–water partition coefficient (Wildman–Crippen LogP) is 0.977. The van der Waals surface area contributed by atoms with Crippen molar-refractivity contribution in [1.29, 1.82) is 0 Å². The highest BCUT2D eigenvalue weighted by atomic mass is 16.5. The normalized spacial score (nSPS) is 39.2. The fraction of sp³-hybridized carbons (Fsp3) is 1.00. The van der Waals surface area contributed by atoms with Crippen molar-refractivity contribution in [2.24, 2.45) is 11.1 Å². The van der Waals surface area contributed by atoms with Gasteiger partial charge in [0.1, 0.15) is 0 Å². The topological polar surface area (TPSA) is 58.7 Å². The number of aliphatic hydroxyl groups is 1. The van der Waals surface area contributed by atoms with Crippen LogP contribution in [0.2, 0.25) is 0 Å². The maximum absolute atomic E-state index is 11.1. The van der Waals surface area contributed by atoms with E-state index in [0.29, 0.717) is 19.2 Å². The highest BCUT2D eigenvalue weighted by Gasteiger charge is 2.51. The first-order valence-corrected chi connectivity index (χ1v) is 7.27. The van der Waals surface area contributed by atoms with Crippen molar-refractivity contribution in [2.75, 3.05) is 32.8 Å². The van der Waals surface area contributed by atoms with Gasteiger partial charge in [-0.15, -0.1) is 0 Å². The van der Waals surface area contributed by atoms with Crippen LogP contribution in [0.3, 0.4) is 0 Å². The van der Waals surface area contributed by atoms with Gasteiger partial charge in [0.05, 0.1) is 12.2 Å². The quantitative estimate of drug-likeness (QED) is 0.790. The van der Waals surface area contributed by atoms with Crippen molar-refractivity contribution in [1.82, 2.24) is 4.90 Å². The summed E-state index contributed by atoms with van der Waals surface area (Å²) < 4.78 is 5.53. The standard InChI is InChI=1S/C14H28N2O2/c1-12(2)16-7-3-4-14(17,5-8-16)13(10-15)6-9-18-11-13/h12,17H,3-11,15H2,1-2H3. The first-order chi connectivity index (χ1) is 8.53. The van der Waals surface area contributed by atoms with E-state index in [0.717, 1.165) is 45.4 Å². The molecule has 0 aromatic rings. The molecule has 0 aliphatic carbocycles. The van der Waals surface area contributed by atoms with Crippen molar-refractivity contribution >= 4 is 0 Å². The van der Waals surface area contributed by atoms with E-state index in [2.05, 4.69) is 18.7 Å². The highest BCUT2D eigenvalue weighted by Crippen LogP contribution is 2.44. The van der Waals surface area contributed by atoms with Crippen LogP contribution in [0, 0.1) is 5.41 Å². The van der Waals surface area contributed by atoms with Gasteiger partial charge >= 0.3 is 0 Å². The van der Waals surface area contributed by atoms with E-state index >= 15 is 0 Å². The molecule has 2 fully saturated rings. The number of ether oxygens (including phenoxy) is 1. The summed E-state index contributed by atoms with van der Waals surface area (Å²) >= 11 is 0. The summed E-state index contributed by atoms with van der Waals surface area (Å²) in [6.07, 6.45) is 3.64. The summed E-state index contributed by atoms with van der Waals surface area (Å²) in [6, 6.07) is 0.556. The Labute approximate surface area is 110 Å². The van der Waals surface area contributed by atoms with Gasteiger partial charge in [-0.05, 0) is 46.1 Å². The van der Waals surface area contributed by atoms with Gasteiger partial charge in [0, 0.05) is 31.2 Å². The van der Waals surface area contributed by atoms with Gasteiger partial charge in [0.25, 0.3) is 0 Å². The van der Waals surface area contributed by atoms with Crippen molar-refractivity contribution in [3.05, 3.63) is 0 Å². The average Bonchev–Trinajstić information content (AvgIpc) is 2.75. The Hall–Kier alpha value is -0.160. The smallest absolute Gasteiger partial charge is 0.0751 e. The van der Waals surface area contributed by atoms with E-state index in [1.807, 2.05) is 0 Å². The zero-order valence-corrected chi connectivity index (χ0v) is 11.8. The van der Waals surface area contributed by atoms with Gasteiger partial charge in [-0.3, -0.25) is 0 Å². The lowest BCUT2D eigenvalue weighted by molar-refractivity contribution is -0.0928. The Morgan fingerprint density at radius 3 is 2.61 bits per heavy atom. The minimum absolute atomic E-state index is 0.208.